The highest BCUT2D eigenvalue weighted by molar-refractivity contribution is 7.07. The van der Waals surface area contributed by atoms with Gasteiger partial charge < -0.3 is 5.11 Å². The zero-order valence-corrected chi connectivity index (χ0v) is 6.06. The topological polar surface area (TPSA) is 33.1 Å². The number of aliphatic hydroxyl groups excluding tert-OH is 1. The fourth-order valence-electron chi connectivity index (χ4n) is 0.596. The summed E-state index contributed by atoms with van der Waals surface area (Å²) < 4.78 is 0. The maximum absolute atomic E-state index is 9.16. The van der Waals surface area contributed by atoms with Crippen LogP contribution in [0.2, 0.25) is 0 Å². The second-order valence-corrected chi connectivity index (χ2v) is 2.56. The fraction of sp³-hybridized carbons (Fsp3) is 0.500. The Morgan fingerprint density at radius 3 is 3.11 bits per heavy atom. The molecule has 1 rings (SSSR count). The molecule has 1 N–H and O–H groups in total. The van der Waals surface area contributed by atoms with Crippen LogP contribution in [0.25, 0.3) is 0 Å². The average Bonchev–Trinajstić information content (AvgIpc) is 2.37. The van der Waals surface area contributed by atoms with Crippen molar-refractivity contribution < 1.29 is 5.11 Å². The summed E-state index contributed by atoms with van der Waals surface area (Å²) in [6.07, 6.45) is 0.375. The Hall–Kier alpha value is -0.410. The van der Waals surface area contributed by atoms with Gasteiger partial charge in [0, 0.05) is 5.38 Å². The average molecular weight is 143 g/mol. The Morgan fingerprint density at radius 2 is 2.67 bits per heavy atom. The third-order valence-electron chi connectivity index (χ3n) is 1.18. The molecule has 0 radical (unpaired) electrons. The van der Waals surface area contributed by atoms with Gasteiger partial charge >= 0.3 is 0 Å². The van der Waals surface area contributed by atoms with Crippen LogP contribution in [0.15, 0.2) is 10.9 Å². The van der Waals surface area contributed by atoms with Crippen LogP contribution in [0.1, 0.15) is 25.1 Å². The van der Waals surface area contributed by atoms with E-state index in [0.717, 1.165) is 12.1 Å². The Bertz CT molecular complexity index is 162. The molecule has 2 nitrogen and oxygen atoms in total. The van der Waals surface area contributed by atoms with Gasteiger partial charge in [-0.05, 0) is 6.42 Å². The molecule has 1 aromatic rings. The first-order valence-electron chi connectivity index (χ1n) is 2.90. The molecule has 0 aliphatic heterocycles. The summed E-state index contributed by atoms with van der Waals surface area (Å²) in [5.74, 6) is 0. The van der Waals surface area contributed by atoms with Gasteiger partial charge in [-0.1, -0.05) is 6.92 Å². The lowest BCUT2D eigenvalue weighted by Crippen LogP contribution is -1.93. The summed E-state index contributed by atoms with van der Waals surface area (Å²) >= 11 is 1.51. The number of hydrogen-bond donors (Lipinski definition) is 1. The molecule has 0 aliphatic rings. The molecule has 0 fully saturated rings. The molecule has 0 aliphatic carbocycles. The van der Waals surface area contributed by atoms with Crippen LogP contribution in [0.4, 0.5) is 0 Å². The van der Waals surface area contributed by atoms with Crippen molar-refractivity contribution in [3.63, 3.8) is 0 Å². The minimum Gasteiger partial charge on any atom is -0.387 e. The van der Waals surface area contributed by atoms with Gasteiger partial charge in [-0.3, -0.25) is 0 Å². The zero-order chi connectivity index (χ0) is 6.69. The number of hydrogen-bond acceptors (Lipinski definition) is 3. The van der Waals surface area contributed by atoms with Crippen molar-refractivity contribution in [3.05, 3.63) is 16.6 Å². The molecule has 0 spiro atoms. The predicted molar refractivity (Wildman–Crippen MR) is 37.4 cm³/mol. The second kappa shape index (κ2) is 2.94. The predicted octanol–water partition coefficient (Wildman–Crippen LogP) is 1.59. The summed E-state index contributed by atoms with van der Waals surface area (Å²) in [6.45, 7) is 1.93. The summed E-state index contributed by atoms with van der Waals surface area (Å²) in [6, 6.07) is 0. The van der Waals surface area contributed by atoms with E-state index < -0.39 is 0 Å². The third kappa shape index (κ3) is 1.50. The van der Waals surface area contributed by atoms with Crippen molar-refractivity contribution in [1.29, 1.82) is 0 Å². The first-order chi connectivity index (χ1) is 4.34. The van der Waals surface area contributed by atoms with Gasteiger partial charge in [-0.2, -0.15) is 0 Å². The highest BCUT2D eigenvalue weighted by atomic mass is 32.1. The van der Waals surface area contributed by atoms with E-state index in [4.69, 9.17) is 5.11 Å². The molecule has 0 saturated heterocycles. The number of thiazole rings is 1. The van der Waals surface area contributed by atoms with Crippen molar-refractivity contribution >= 4 is 11.3 Å². The van der Waals surface area contributed by atoms with Gasteiger partial charge in [0.1, 0.15) is 0 Å². The summed E-state index contributed by atoms with van der Waals surface area (Å²) in [5, 5.41) is 11.0. The van der Waals surface area contributed by atoms with Crippen LogP contribution in [-0.4, -0.2) is 10.1 Å². The number of aliphatic hydroxyl groups is 1. The lowest BCUT2D eigenvalue weighted by molar-refractivity contribution is 0.169. The fourth-order valence-corrected chi connectivity index (χ4v) is 1.20. The lowest BCUT2D eigenvalue weighted by Gasteiger charge is -2.00. The number of nitrogens with zero attached hydrogens (tertiary/aromatic N) is 1. The smallest absolute Gasteiger partial charge is 0.0965 e. The Kier molecular flexibility index (Phi) is 2.19. The zero-order valence-electron chi connectivity index (χ0n) is 5.24. The highest BCUT2D eigenvalue weighted by Gasteiger charge is 2.04. The molecule has 0 bridgehead atoms. The monoisotopic (exact) mass is 143 g/mol. The molecule has 0 saturated carbocycles. The van der Waals surface area contributed by atoms with E-state index in [2.05, 4.69) is 4.98 Å². The largest absolute Gasteiger partial charge is 0.387 e. The maximum Gasteiger partial charge on any atom is 0.0965 e. The van der Waals surface area contributed by atoms with Gasteiger partial charge in [-0.15, -0.1) is 11.3 Å². The first kappa shape index (κ1) is 6.71. The van der Waals surface area contributed by atoms with E-state index in [1.54, 1.807) is 5.51 Å². The minimum absolute atomic E-state index is 0.365. The summed E-state index contributed by atoms with van der Waals surface area (Å²) in [4.78, 5) is 3.96. The van der Waals surface area contributed by atoms with Gasteiger partial charge in [0.2, 0.25) is 0 Å². The van der Waals surface area contributed by atoms with Crippen molar-refractivity contribution in [3.8, 4) is 0 Å². The summed E-state index contributed by atoms with van der Waals surface area (Å²) in [5.41, 5.74) is 2.52. The first-order valence-corrected chi connectivity index (χ1v) is 3.85. The van der Waals surface area contributed by atoms with E-state index in [1.165, 1.54) is 11.3 Å². The van der Waals surface area contributed by atoms with Crippen LogP contribution < -0.4 is 0 Å². The van der Waals surface area contributed by atoms with Crippen molar-refractivity contribution in [2.24, 2.45) is 0 Å². The summed E-state index contributed by atoms with van der Waals surface area (Å²) in [7, 11) is 0. The van der Waals surface area contributed by atoms with Gasteiger partial charge in [-0.25, -0.2) is 4.98 Å². The Morgan fingerprint density at radius 1 is 1.89 bits per heavy atom. The number of aromatic nitrogens is 1. The quantitative estimate of drug-likeness (QED) is 0.682. The van der Waals surface area contributed by atoms with Gasteiger partial charge in [0.05, 0.1) is 17.3 Å². The Labute approximate surface area is 58.2 Å². The van der Waals surface area contributed by atoms with Gasteiger partial charge in [0.25, 0.3) is 0 Å². The molecular weight excluding hydrogens is 134 g/mol. The van der Waals surface area contributed by atoms with Crippen LogP contribution in [0, 0.1) is 0 Å². The van der Waals surface area contributed by atoms with Crippen LogP contribution in [0.5, 0.6) is 0 Å². The van der Waals surface area contributed by atoms with E-state index >= 15 is 0 Å². The van der Waals surface area contributed by atoms with Crippen LogP contribution >= 0.6 is 11.3 Å². The normalized spacial score (nSPS) is 13.6. The van der Waals surface area contributed by atoms with Crippen LogP contribution in [-0.2, 0) is 0 Å². The van der Waals surface area contributed by atoms with Crippen molar-refractivity contribution in [1.82, 2.24) is 4.98 Å². The lowest BCUT2D eigenvalue weighted by atomic mass is 10.2. The van der Waals surface area contributed by atoms with Crippen molar-refractivity contribution in [2.45, 2.75) is 19.4 Å². The van der Waals surface area contributed by atoms with E-state index in [1.807, 2.05) is 12.3 Å². The molecule has 0 amide bonds. The highest BCUT2D eigenvalue weighted by Crippen LogP contribution is 2.14. The standard InChI is InChI=1S/C6H9NOS/c1-2-6(8)5-3-9-4-7-5/h3-4,6,8H,2H2,1H3/t6-/m1/s1. The Balaban J connectivity index is 2.65. The molecular formula is C6H9NOS. The maximum atomic E-state index is 9.16. The molecule has 50 valence electrons. The van der Waals surface area contributed by atoms with E-state index in [-0.39, 0.29) is 6.10 Å². The van der Waals surface area contributed by atoms with Crippen molar-refractivity contribution in [2.75, 3.05) is 0 Å². The molecule has 0 aromatic carbocycles. The van der Waals surface area contributed by atoms with E-state index in [0.29, 0.717) is 0 Å². The third-order valence-corrected chi connectivity index (χ3v) is 1.78. The van der Waals surface area contributed by atoms with E-state index in [9.17, 15) is 0 Å². The number of rotatable bonds is 2. The molecule has 3 heteroatoms. The molecule has 0 unspecified atom stereocenters. The minimum atomic E-state index is -0.365. The molecule has 1 aromatic heterocycles. The van der Waals surface area contributed by atoms with Gasteiger partial charge in [0.15, 0.2) is 0 Å². The SMILES string of the molecule is CC[C@@H](O)c1cscn1. The molecule has 9 heavy (non-hydrogen) atoms. The molecule has 1 heterocycles. The van der Waals surface area contributed by atoms with Crippen LogP contribution in [0.3, 0.4) is 0 Å². The molecule has 1 atom stereocenters. The second-order valence-electron chi connectivity index (χ2n) is 1.84.